The maximum absolute atomic E-state index is 11.7. The molecule has 0 aromatic carbocycles. The summed E-state index contributed by atoms with van der Waals surface area (Å²) in [5, 5.41) is 2.53. The standard InChI is InChI=1S/C13H15NO4S/c1-4-7-14-12(16)9(3)18-13(17)11-6-5-10(19-11)8(2)15/h4-6,9H,1,7H2,2-3H3,(H,14,16). The van der Waals surface area contributed by atoms with E-state index in [9.17, 15) is 14.4 Å². The smallest absolute Gasteiger partial charge is 0.349 e. The molecule has 1 aromatic rings. The van der Waals surface area contributed by atoms with Gasteiger partial charge in [-0.2, -0.15) is 0 Å². The van der Waals surface area contributed by atoms with E-state index < -0.39 is 18.0 Å². The third kappa shape index (κ3) is 4.33. The molecule has 1 atom stereocenters. The van der Waals surface area contributed by atoms with Gasteiger partial charge >= 0.3 is 5.97 Å². The second kappa shape index (κ2) is 6.84. The van der Waals surface area contributed by atoms with Crippen molar-refractivity contribution in [1.82, 2.24) is 5.32 Å². The van der Waals surface area contributed by atoms with Crippen LogP contribution in [0.3, 0.4) is 0 Å². The van der Waals surface area contributed by atoms with Crippen LogP contribution in [-0.2, 0) is 9.53 Å². The Bertz CT molecular complexity index is 506. The monoisotopic (exact) mass is 281 g/mol. The van der Waals surface area contributed by atoms with Gasteiger partial charge in [0, 0.05) is 6.54 Å². The zero-order valence-corrected chi connectivity index (χ0v) is 11.6. The highest BCUT2D eigenvalue weighted by Crippen LogP contribution is 2.18. The quantitative estimate of drug-likeness (QED) is 0.490. The average Bonchev–Trinajstić information content (AvgIpc) is 2.85. The maximum atomic E-state index is 11.7. The molecule has 0 fully saturated rings. The maximum Gasteiger partial charge on any atom is 0.349 e. The van der Waals surface area contributed by atoms with Gasteiger partial charge in [0.2, 0.25) is 0 Å². The van der Waals surface area contributed by atoms with Crippen LogP contribution < -0.4 is 5.32 Å². The molecule has 0 saturated heterocycles. The zero-order valence-electron chi connectivity index (χ0n) is 10.8. The van der Waals surface area contributed by atoms with Gasteiger partial charge in [-0.05, 0) is 26.0 Å². The highest BCUT2D eigenvalue weighted by Gasteiger charge is 2.20. The van der Waals surface area contributed by atoms with Crippen molar-refractivity contribution in [1.29, 1.82) is 0 Å². The largest absolute Gasteiger partial charge is 0.448 e. The van der Waals surface area contributed by atoms with Crippen molar-refractivity contribution in [2.24, 2.45) is 0 Å². The molecular formula is C13H15NO4S. The van der Waals surface area contributed by atoms with Crippen molar-refractivity contribution in [2.75, 3.05) is 6.54 Å². The number of hydrogen-bond acceptors (Lipinski definition) is 5. The topological polar surface area (TPSA) is 72.5 Å². The summed E-state index contributed by atoms with van der Waals surface area (Å²) >= 11 is 1.05. The molecule has 0 aliphatic carbocycles. The summed E-state index contributed by atoms with van der Waals surface area (Å²) in [6.07, 6.45) is 0.639. The number of rotatable bonds is 6. The van der Waals surface area contributed by atoms with Crippen molar-refractivity contribution in [3.05, 3.63) is 34.5 Å². The molecule has 1 aromatic heterocycles. The van der Waals surface area contributed by atoms with Gasteiger partial charge in [0.1, 0.15) is 4.88 Å². The van der Waals surface area contributed by atoms with E-state index in [0.29, 0.717) is 16.3 Å². The normalized spacial score (nSPS) is 11.5. The molecule has 0 aliphatic heterocycles. The van der Waals surface area contributed by atoms with Crippen molar-refractivity contribution < 1.29 is 19.1 Å². The van der Waals surface area contributed by atoms with Crippen LogP contribution in [0.2, 0.25) is 0 Å². The lowest BCUT2D eigenvalue weighted by Gasteiger charge is -2.11. The Morgan fingerprint density at radius 1 is 1.42 bits per heavy atom. The molecule has 102 valence electrons. The van der Waals surface area contributed by atoms with Crippen LogP contribution in [0.1, 0.15) is 33.2 Å². The molecule has 1 heterocycles. The Morgan fingerprint density at radius 3 is 2.58 bits per heavy atom. The third-order valence-electron chi connectivity index (χ3n) is 2.23. The summed E-state index contributed by atoms with van der Waals surface area (Å²) in [6.45, 7) is 6.69. The van der Waals surface area contributed by atoms with Crippen LogP contribution in [0, 0.1) is 0 Å². The molecule has 0 aliphatic rings. The number of carbonyl (C=O) groups excluding carboxylic acids is 3. The molecule has 1 amide bonds. The van der Waals surface area contributed by atoms with E-state index in [2.05, 4.69) is 11.9 Å². The van der Waals surface area contributed by atoms with E-state index in [0.717, 1.165) is 11.3 Å². The lowest BCUT2D eigenvalue weighted by atomic mass is 10.3. The van der Waals surface area contributed by atoms with Crippen LogP contribution >= 0.6 is 11.3 Å². The van der Waals surface area contributed by atoms with E-state index in [-0.39, 0.29) is 5.78 Å². The third-order valence-corrected chi connectivity index (χ3v) is 3.39. The van der Waals surface area contributed by atoms with Gasteiger partial charge in [-0.25, -0.2) is 4.79 Å². The molecule has 6 heteroatoms. The number of Topliss-reactive ketones (excluding diaryl/α,β-unsaturated/α-hetero) is 1. The van der Waals surface area contributed by atoms with Crippen LogP contribution in [0.4, 0.5) is 0 Å². The molecule has 0 bridgehead atoms. The second-order valence-electron chi connectivity index (χ2n) is 3.80. The number of amides is 1. The number of nitrogens with one attached hydrogen (secondary N) is 1. The van der Waals surface area contributed by atoms with Gasteiger partial charge in [-0.3, -0.25) is 9.59 Å². The second-order valence-corrected chi connectivity index (χ2v) is 4.89. The number of ketones is 1. The number of ether oxygens (including phenoxy) is 1. The Morgan fingerprint density at radius 2 is 2.05 bits per heavy atom. The predicted molar refractivity (Wildman–Crippen MR) is 72.4 cm³/mol. The molecule has 5 nitrogen and oxygen atoms in total. The minimum Gasteiger partial charge on any atom is -0.448 e. The van der Waals surface area contributed by atoms with Crippen LogP contribution in [-0.4, -0.2) is 30.3 Å². The first-order chi connectivity index (χ1) is 8.95. The molecular weight excluding hydrogens is 266 g/mol. The molecule has 0 spiro atoms. The summed E-state index contributed by atoms with van der Waals surface area (Å²) in [5.41, 5.74) is 0. The summed E-state index contributed by atoms with van der Waals surface area (Å²) in [4.78, 5) is 35.1. The molecule has 19 heavy (non-hydrogen) atoms. The predicted octanol–water partition coefficient (Wildman–Crippen LogP) is 1.80. The van der Waals surface area contributed by atoms with E-state index in [1.807, 2.05) is 0 Å². The summed E-state index contributed by atoms with van der Waals surface area (Å²) in [6, 6.07) is 3.07. The first kappa shape index (κ1) is 15.1. The zero-order chi connectivity index (χ0) is 14.4. The van der Waals surface area contributed by atoms with Gasteiger partial charge in [-0.1, -0.05) is 6.08 Å². The fourth-order valence-electron chi connectivity index (χ4n) is 1.23. The molecule has 1 unspecified atom stereocenters. The SMILES string of the molecule is C=CCNC(=O)C(C)OC(=O)c1ccc(C(C)=O)s1. The van der Waals surface area contributed by atoms with Crippen molar-refractivity contribution in [2.45, 2.75) is 20.0 Å². The van der Waals surface area contributed by atoms with E-state index in [4.69, 9.17) is 4.74 Å². The number of thiophene rings is 1. The highest BCUT2D eigenvalue weighted by molar-refractivity contribution is 7.15. The van der Waals surface area contributed by atoms with Gasteiger partial charge in [0.15, 0.2) is 11.9 Å². The van der Waals surface area contributed by atoms with E-state index >= 15 is 0 Å². The lowest BCUT2D eigenvalue weighted by molar-refractivity contribution is -0.128. The number of esters is 1. The lowest BCUT2D eigenvalue weighted by Crippen LogP contribution is -2.35. The van der Waals surface area contributed by atoms with E-state index in [1.54, 1.807) is 6.07 Å². The Balaban J connectivity index is 2.60. The first-order valence-corrected chi connectivity index (χ1v) is 6.47. The molecule has 1 N–H and O–H groups in total. The molecule has 0 saturated carbocycles. The van der Waals surface area contributed by atoms with E-state index in [1.165, 1.54) is 26.0 Å². The van der Waals surface area contributed by atoms with Crippen molar-refractivity contribution >= 4 is 29.0 Å². The number of carbonyl (C=O) groups is 3. The van der Waals surface area contributed by atoms with Crippen molar-refractivity contribution in [3.63, 3.8) is 0 Å². The Labute approximate surface area is 115 Å². The van der Waals surface area contributed by atoms with Crippen LogP contribution in [0.15, 0.2) is 24.8 Å². The summed E-state index contributed by atoms with van der Waals surface area (Å²) in [5.74, 6) is -1.11. The van der Waals surface area contributed by atoms with Crippen LogP contribution in [0.5, 0.6) is 0 Å². The van der Waals surface area contributed by atoms with Crippen LogP contribution in [0.25, 0.3) is 0 Å². The first-order valence-electron chi connectivity index (χ1n) is 5.66. The highest BCUT2D eigenvalue weighted by atomic mass is 32.1. The fraction of sp³-hybridized carbons (Fsp3) is 0.308. The minimum atomic E-state index is -0.893. The summed E-state index contributed by atoms with van der Waals surface area (Å²) in [7, 11) is 0. The van der Waals surface area contributed by atoms with Gasteiger partial charge in [0.05, 0.1) is 4.88 Å². The Hall–Kier alpha value is -1.95. The van der Waals surface area contributed by atoms with Gasteiger partial charge in [0.25, 0.3) is 5.91 Å². The molecule has 1 rings (SSSR count). The summed E-state index contributed by atoms with van der Waals surface area (Å²) < 4.78 is 5.00. The van der Waals surface area contributed by atoms with Gasteiger partial charge in [-0.15, -0.1) is 17.9 Å². The Kier molecular flexibility index (Phi) is 5.44. The van der Waals surface area contributed by atoms with Crippen molar-refractivity contribution in [3.8, 4) is 0 Å². The minimum absolute atomic E-state index is 0.110. The fourth-order valence-corrected chi connectivity index (χ4v) is 2.01. The molecule has 0 radical (unpaired) electrons. The van der Waals surface area contributed by atoms with Gasteiger partial charge < -0.3 is 10.1 Å². The number of hydrogen-bond donors (Lipinski definition) is 1. The average molecular weight is 281 g/mol.